The first kappa shape index (κ1) is 11.4. The summed E-state index contributed by atoms with van der Waals surface area (Å²) in [6.45, 7) is 2.04. The van der Waals surface area contributed by atoms with E-state index in [-0.39, 0.29) is 5.82 Å². The molecule has 0 radical (unpaired) electrons. The predicted octanol–water partition coefficient (Wildman–Crippen LogP) is 1.94. The molecule has 0 aliphatic heterocycles. The topological polar surface area (TPSA) is 69.9 Å². The molecule has 90 valence electrons. The second-order valence-electron chi connectivity index (χ2n) is 3.89. The molecule has 0 aliphatic rings. The van der Waals surface area contributed by atoms with Gasteiger partial charge in [-0.2, -0.15) is 0 Å². The molecule has 2 rings (SSSR count). The molecule has 0 saturated heterocycles. The lowest BCUT2D eigenvalue weighted by Gasteiger charge is -2.00. The minimum Gasteiger partial charge on any atom is -0.382 e. The van der Waals surface area contributed by atoms with Crippen LogP contribution in [-0.4, -0.2) is 9.66 Å². The number of aromatic nitrogens is 2. The first-order chi connectivity index (χ1) is 8.13. The molecule has 0 aliphatic carbocycles. The van der Waals surface area contributed by atoms with Crippen molar-refractivity contribution in [1.82, 2.24) is 9.66 Å². The molecule has 17 heavy (non-hydrogen) atoms. The molecule has 5 heteroatoms. The van der Waals surface area contributed by atoms with Crippen molar-refractivity contribution in [2.24, 2.45) is 0 Å². The summed E-state index contributed by atoms with van der Waals surface area (Å²) in [5.74, 6) is 6.67. The molecular formula is C12H15FN4. The monoisotopic (exact) mass is 234 g/mol. The van der Waals surface area contributed by atoms with Crippen LogP contribution in [0.5, 0.6) is 0 Å². The summed E-state index contributed by atoms with van der Waals surface area (Å²) in [6, 6.07) is 6.04. The van der Waals surface area contributed by atoms with Crippen molar-refractivity contribution in [1.29, 1.82) is 0 Å². The first-order valence-electron chi connectivity index (χ1n) is 5.51. The molecule has 1 heterocycles. The highest BCUT2D eigenvalue weighted by molar-refractivity contribution is 5.71. The molecule has 0 atom stereocenters. The fourth-order valence-electron chi connectivity index (χ4n) is 1.71. The molecule has 4 nitrogen and oxygen atoms in total. The van der Waals surface area contributed by atoms with Gasteiger partial charge in [-0.25, -0.2) is 14.1 Å². The molecule has 0 fully saturated rings. The van der Waals surface area contributed by atoms with E-state index < -0.39 is 0 Å². The van der Waals surface area contributed by atoms with Crippen LogP contribution in [-0.2, 0) is 6.42 Å². The summed E-state index contributed by atoms with van der Waals surface area (Å²) in [4.78, 5) is 4.39. The van der Waals surface area contributed by atoms with Crippen molar-refractivity contribution in [2.75, 3.05) is 11.6 Å². The quantitative estimate of drug-likeness (QED) is 0.797. The van der Waals surface area contributed by atoms with Crippen molar-refractivity contribution in [3.63, 3.8) is 0 Å². The number of imidazole rings is 1. The van der Waals surface area contributed by atoms with Gasteiger partial charge in [0.1, 0.15) is 17.3 Å². The zero-order chi connectivity index (χ0) is 12.4. The smallest absolute Gasteiger partial charge is 0.150 e. The minimum atomic E-state index is -0.284. The molecule has 0 spiro atoms. The van der Waals surface area contributed by atoms with Crippen molar-refractivity contribution in [3.05, 3.63) is 35.9 Å². The summed E-state index contributed by atoms with van der Waals surface area (Å²) < 4.78 is 14.2. The Balaban J connectivity index is 2.45. The van der Waals surface area contributed by atoms with Gasteiger partial charge >= 0.3 is 0 Å². The van der Waals surface area contributed by atoms with Crippen molar-refractivity contribution in [3.8, 4) is 11.3 Å². The molecule has 1 aromatic carbocycles. The summed E-state index contributed by atoms with van der Waals surface area (Å²) in [5.41, 5.74) is 7.26. The standard InChI is InChI=1S/C12H15FN4/c1-2-3-10-16-11(12(14)17(10)15)8-4-6-9(13)7-5-8/h4-7H,2-3,14-15H2,1H3. The van der Waals surface area contributed by atoms with Crippen LogP contribution in [0.2, 0.25) is 0 Å². The normalized spacial score (nSPS) is 10.7. The number of halogens is 1. The van der Waals surface area contributed by atoms with Crippen LogP contribution in [0.4, 0.5) is 10.2 Å². The Labute approximate surface area is 99.0 Å². The van der Waals surface area contributed by atoms with E-state index in [1.165, 1.54) is 16.8 Å². The Morgan fingerprint density at radius 3 is 2.53 bits per heavy atom. The molecule has 0 unspecified atom stereocenters. The Hall–Kier alpha value is -2.04. The number of nitrogens with two attached hydrogens (primary N) is 2. The largest absolute Gasteiger partial charge is 0.382 e. The Morgan fingerprint density at radius 1 is 1.29 bits per heavy atom. The van der Waals surface area contributed by atoms with Crippen molar-refractivity contribution in [2.45, 2.75) is 19.8 Å². The fraction of sp³-hybridized carbons (Fsp3) is 0.250. The van der Waals surface area contributed by atoms with Gasteiger partial charge in [-0.3, -0.25) is 0 Å². The maximum absolute atomic E-state index is 12.8. The molecule has 2 aromatic rings. The lowest BCUT2D eigenvalue weighted by atomic mass is 10.1. The molecule has 4 N–H and O–H groups in total. The fourth-order valence-corrected chi connectivity index (χ4v) is 1.71. The second-order valence-corrected chi connectivity index (χ2v) is 3.89. The summed E-state index contributed by atoms with van der Waals surface area (Å²) in [7, 11) is 0. The van der Waals surface area contributed by atoms with Gasteiger partial charge in [-0.1, -0.05) is 6.92 Å². The van der Waals surface area contributed by atoms with Gasteiger partial charge in [0.25, 0.3) is 0 Å². The third kappa shape index (κ3) is 2.08. The highest BCUT2D eigenvalue weighted by atomic mass is 19.1. The molecule has 0 saturated carbocycles. The van der Waals surface area contributed by atoms with Crippen LogP contribution in [0, 0.1) is 5.82 Å². The van der Waals surface area contributed by atoms with Gasteiger partial charge in [0.2, 0.25) is 0 Å². The van der Waals surface area contributed by atoms with E-state index in [2.05, 4.69) is 4.98 Å². The number of benzene rings is 1. The highest BCUT2D eigenvalue weighted by Crippen LogP contribution is 2.25. The number of rotatable bonds is 3. The van der Waals surface area contributed by atoms with Crippen molar-refractivity contribution < 1.29 is 4.39 Å². The Kier molecular flexibility index (Phi) is 2.99. The zero-order valence-corrected chi connectivity index (χ0v) is 9.65. The zero-order valence-electron chi connectivity index (χ0n) is 9.65. The number of nitrogens with zero attached hydrogens (tertiary/aromatic N) is 2. The molecule has 1 aromatic heterocycles. The minimum absolute atomic E-state index is 0.284. The van der Waals surface area contributed by atoms with E-state index in [0.29, 0.717) is 11.5 Å². The summed E-state index contributed by atoms with van der Waals surface area (Å²) in [6.07, 6.45) is 1.71. The van der Waals surface area contributed by atoms with Crippen LogP contribution in [0.15, 0.2) is 24.3 Å². The third-order valence-electron chi connectivity index (χ3n) is 2.61. The maximum atomic E-state index is 12.8. The van der Waals surface area contributed by atoms with Crippen LogP contribution < -0.4 is 11.6 Å². The Morgan fingerprint density at radius 2 is 1.94 bits per heavy atom. The lowest BCUT2D eigenvalue weighted by Crippen LogP contribution is -2.15. The van der Waals surface area contributed by atoms with Gasteiger partial charge in [-0.05, 0) is 30.7 Å². The number of aryl methyl sites for hydroxylation is 1. The van der Waals surface area contributed by atoms with E-state index in [9.17, 15) is 4.39 Å². The van der Waals surface area contributed by atoms with Crippen LogP contribution in [0.1, 0.15) is 19.2 Å². The van der Waals surface area contributed by atoms with E-state index in [1.807, 2.05) is 6.92 Å². The SMILES string of the molecule is CCCc1nc(-c2ccc(F)cc2)c(N)n1N. The van der Waals surface area contributed by atoms with Crippen LogP contribution >= 0.6 is 0 Å². The van der Waals surface area contributed by atoms with Gasteiger partial charge in [0.05, 0.1) is 0 Å². The van der Waals surface area contributed by atoms with Crippen LogP contribution in [0.25, 0.3) is 11.3 Å². The summed E-state index contributed by atoms with van der Waals surface area (Å²) >= 11 is 0. The number of anilines is 1. The van der Waals surface area contributed by atoms with Crippen molar-refractivity contribution >= 4 is 5.82 Å². The lowest BCUT2D eigenvalue weighted by molar-refractivity contribution is 0.628. The maximum Gasteiger partial charge on any atom is 0.150 e. The average Bonchev–Trinajstić information content (AvgIpc) is 2.59. The number of nitrogen functional groups attached to an aromatic ring is 2. The second kappa shape index (κ2) is 4.45. The van der Waals surface area contributed by atoms with Crippen LogP contribution in [0.3, 0.4) is 0 Å². The Bertz CT molecular complexity index is 516. The number of hydrogen-bond acceptors (Lipinski definition) is 3. The third-order valence-corrected chi connectivity index (χ3v) is 2.61. The predicted molar refractivity (Wildman–Crippen MR) is 66.2 cm³/mol. The van der Waals surface area contributed by atoms with E-state index in [0.717, 1.165) is 24.2 Å². The average molecular weight is 234 g/mol. The molecule has 0 bridgehead atoms. The van der Waals surface area contributed by atoms with E-state index >= 15 is 0 Å². The van der Waals surface area contributed by atoms with Gasteiger partial charge in [-0.15, -0.1) is 0 Å². The highest BCUT2D eigenvalue weighted by Gasteiger charge is 2.13. The van der Waals surface area contributed by atoms with Gasteiger partial charge < -0.3 is 11.6 Å². The summed E-state index contributed by atoms with van der Waals surface area (Å²) in [5, 5.41) is 0. The number of hydrogen-bond donors (Lipinski definition) is 2. The van der Waals surface area contributed by atoms with Gasteiger partial charge in [0, 0.05) is 12.0 Å². The molecule has 0 amide bonds. The van der Waals surface area contributed by atoms with E-state index in [1.54, 1.807) is 12.1 Å². The molecular weight excluding hydrogens is 219 g/mol. The first-order valence-corrected chi connectivity index (χ1v) is 5.51. The van der Waals surface area contributed by atoms with Gasteiger partial charge in [0.15, 0.2) is 5.82 Å². The van der Waals surface area contributed by atoms with E-state index in [4.69, 9.17) is 11.6 Å².